The van der Waals surface area contributed by atoms with Crippen molar-refractivity contribution in [2.45, 2.75) is 18.4 Å². The Balaban J connectivity index is 1.79. The van der Waals surface area contributed by atoms with Gasteiger partial charge in [0.15, 0.2) is 0 Å². The molecule has 0 radical (unpaired) electrons. The Labute approximate surface area is 146 Å². The molecule has 0 aliphatic heterocycles. The maximum absolute atomic E-state index is 12.5. The lowest BCUT2D eigenvalue weighted by molar-refractivity contribution is 0.294. The summed E-state index contributed by atoms with van der Waals surface area (Å²) in [5, 5.41) is 0. The van der Waals surface area contributed by atoms with Gasteiger partial charge in [0.1, 0.15) is 6.61 Å². The van der Waals surface area contributed by atoms with Crippen LogP contribution in [0.4, 0.5) is 5.82 Å². The minimum atomic E-state index is -3.77. The van der Waals surface area contributed by atoms with Gasteiger partial charge in [-0.25, -0.2) is 18.4 Å². The molecule has 0 saturated carbocycles. The number of hydrogen-bond acceptors (Lipinski definition) is 5. The van der Waals surface area contributed by atoms with Crippen LogP contribution in [-0.2, 0) is 16.6 Å². The number of ether oxygens (including phenoxy) is 1. The summed E-state index contributed by atoms with van der Waals surface area (Å²) in [5.74, 6) is 0.182. The summed E-state index contributed by atoms with van der Waals surface area (Å²) in [5.41, 5.74) is 1.92. The van der Waals surface area contributed by atoms with Crippen molar-refractivity contribution in [3.05, 3.63) is 78.1 Å². The van der Waals surface area contributed by atoms with E-state index in [1.54, 1.807) is 24.3 Å². The number of aromatic nitrogens is 2. The quantitative estimate of drug-likeness (QED) is 0.734. The van der Waals surface area contributed by atoms with Crippen LogP contribution in [0.5, 0.6) is 5.88 Å². The summed E-state index contributed by atoms with van der Waals surface area (Å²) < 4.78 is 33.1. The fraction of sp³-hybridized carbons (Fsp3) is 0.111. The van der Waals surface area contributed by atoms with E-state index in [4.69, 9.17) is 4.74 Å². The standard InChI is InChI=1S/C18H17N3O3S/c1-14-7-9-16(10-8-14)25(22,23)21-17-18(20-12-11-19-17)24-13-15-5-3-2-4-6-15/h2-12H,13H2,1H3,(H,19,21). The van der Waals surface area contributed by atoms with Gasteiger partial charge in [-0.3, -0.25) is 4.72 Å². The molecule has 3 rings (SSSR count). The molecule has 1 heterocycles. The third-order valence-corrected chi connectivity index (χ3v) is 4.80. The van der Waals surface area contributed by atoms with Gasteiger partial charge in [0.25, 0.3) is 15.9 Å². The number of rotatable bonds is 6. The number of nitrogens with one attached hydrogen (secondary N) is 1. The number of aryl methyl sites for hydroxylation is 1. The number of hydrogen-bond donors (Lipinski definition) is 1. The average molecular weight is 355 g/mol. The molecule has 0 aliphatic carbocycles. The second-order valence-electron chi connectivity index (χ2n) is 5.40. The molecule has 3 aromatic rings. The molecule has 1 aromatic heterocycles. The number of anilines is 1. The number of sulfonamides is 1. The zero-order chi connectivity index (χ0) is 17.7. The molecule has 0 spiro atoms. The van der Waals surface area contributed by atoms with Crippen molar-refractivity contribution in [1.29, 1.82) is 0 Å². The van der Waals surface area contributed by atoms with Crippen molar-refractivity contribution in [2.75, 3.05) is 4.72 Å². The summed E-state index contributed by atoms with van der Waals surface area (Å²) in [7, 11) is -3.77. The molecule has 25 heavy (non-hydrogen) atoms. The summed E-state index contributed by atoms with van der Waals surface area (Å²) in [6.45, 7) is 2.15. The third kappa shape index (κ3) is 4.33. The van der Waals surface area contributed by atoms with Gasteiger partial charge >= 0.3 is 0 Å². The Bertz CT molecular complexity index is 943. The lowest BCUT2D eigenvalue weighted by Crippen LogP contribution is -2.15. The van der Waals surface area contributed by atoms with E-state index in [0.717, 1.165) is 11.1 Å². The maximum Gasteiger partial charge on any atom is 0.263 e. The van der Waals surface area contributed by atoms with Gasteiger partial charge < -0.3 is 4.74 Å². The first kappa shape index (κ1) is 16.9. The minimum Gasteiger partial charge on any atom is -0.470 e. The first-order valence-electron chi connectivity index (χ1n) is 7.62. The van der Waals surface area contributed by atoms with Gasteiger partial charge in [-0.15, -0.1) is 0 Å². The smallest absolute Gasteiger partial charge is 0.263 e. The van der Waals surface area contributed by atoms with Crippen molar-refractivity contribution in [3.8, 4) is 5.88 Å². The topological polar surface area (TPSA) is 81.2 Å². The lowest BCUT2D eigenvalue weighted by atomic mass is 10.2. The third-order valence-electron chi connectivity index (χ3n) is 3.45. The van der Waals surface area contributed by atoms with E-state index in [9.17, 15) is 8.42 Å². The molecule has 0 saturated heterocycles. The molecule has 0 amide bonds. The summed E-state index contributed by atoms with van der Waals surface area (Å²) in [4.78, 5) is 8.27. The van der Waals surface area contributed by atoms with Crippen LogP contribution in [0, 0.1) is 6.92 Å². The largest absolute Gasteiger partial charge is 0.470 e. The highest BCUT2D eigenvalue weighted by atomic mass is 32.2. The fourth-order valence-electron chi connectivity index (χ4n) is 2.13. The Morgan fingerprint density at radius 1 is 0.960 bits per heavy atom. The van der Waals surface area contributed by atoms with Crippen LogP contribution < -0.4 is 9.46 Å². The molecule has 6 nitrogen and oxygen atoms in total. The average Bonchev–Trinajstić information content (AvgIpc) is 2.62. The summed E-state index contributed by atoms with van der Waals surface area (Å²) in [6.07, 6.45) is 2.85. The predicted molar refractivity (Wildman–Crippen MR) is 94.8 cm³/mol. The van der Waals surface area contributed by atoms with E-state index in [2.05, 4.69) is 14.7 Å². The van der Waals surface area contributed by atoms with Crippen LogP contribution in [0.15, 0.2) is 71.9 Å². The second-order valence-corrected chi connectivity index (χ2v) is 7.09. The molecule has 0 aliphatic rings. The molecule has 1 N–H and O–H groups in total. The van der Waals surface area contributed by atoms with Crippen molar-refractivity contribution >= 4 is 15.8 Å². The number of benzene rings is 2. The van der Waals surface area contributed by atoms with E-state index in [0.29, 0.717) is 0 Å². The SMILES string of the molecule is Cc1ccc(S(=O)(=O)Nc2nccnc2OCc2ccccc2)cc1. The zero-order valence-electron chi connectivity index (χ0n) is 13.6. The van der Waals surface area contributed by atoms with Crippen LogP contribution in [0.3, 0.4) is 0 Å². The molecule has 0 fully saturated rings. The van der Waals surface area contributed by atoms with Gasteiger partial charge in [-0.1, -0.05) is 48.0 Å². The van der Waals surface area contributed by atoms with Gasteiger partial charge in [-0.2, -0.15) is 0 Å². The molecular weight excluding hydrogens is 338 g/mol. The molecule has 0 atom stereocenters. The highest BCUT2D eigenvalue weighted by Crippen LogP contribution is 2.22. The van der Waals surface area contributed by atoms with Crippen LogP contribution in [0.2, 0.25) is 0 Å². The summed E-state index contributed by atoms with van der Waals surface area (Å²) in [6, 6.07) is 16.1. The maximum atomic E-state index is 12.5. The Kier molecular flexibility index (Phi) is 4.95. The zero-order valence-corrected chi connectivity index (χ0v) is 14.4. The van der Waals surface area contributed by atoms with Crippen molar-refractivity contribution in [1.82, 2.24) is 9.97 Å². The van der Waals surface area contributed by atoms with Crippen LogP contribution in [0.1, 0.15) is 11.1 Å². The molecule has 128 valence electrons. The van der Waals surface area contributed by atoms with E-state index in [1.165, 1.54) is 12.4 Å². The molecule has 7 heteroatoms. The van der Waals surface area contributed by atoms with Gasteiger partial charge in [0.05, 0.1) is 4.90 Å². The Morgan fingerprint density at radius 3 is 2.36 bits per heavy atom. The van der Waals surface area contributed by atoms with E-state index >= 15 is 0 Å². The first-order valence-corrected chi connectivity index (χ1v) is 9.10. The van der Waals surface area contributed by atoms with Gasteiger partial charge in [0.2, 0.25) is 5.82 Å². The van der Waals surface area contributed by atoms with Crippen LogP contribution in [0.25, 0.3) is 0 Å². The minimum absolute atomic E-state index is 0.0546. The van der Waals surface area contributed by atoms with Crippen molar-refractivity contribution in [3.63, 3.8) is 0 Å². The van der Waals surface area contributed by atoms with E-state index in [-0.39, 0.29) is 23.2 Å². The first-order chi connectivity index (χ1) is 12.0. The molecule has 2 aromatic carbocycles. The summed E-state index contributed by atoms with van der Waals surface area (Å²) >= 11 is 0. The normalized spacial score (nSPS) is 11.1. The fourth-order valence-corrected chi connectivity index (χ4v) is 3.14. The lowest BCUT2D eigenvalue weighted by Gasteiger charge is -2.11. The van der Waals surface area contributed by atoms with Crippen LogP contribution >= 0.6 is 0 Å². The van der Waals surface area contributed by atoms with Crippen LogP contribution in [-0.4, -0.2) is 18.4 Å². The Hall–Kier alpha value is -2.93. The molecule has 0 bridgehead atoms. The number of nitrogens with zero attached hydrogens (tertiary/aromatic N) is 2. The second kappa shape index (κ2) is 7.31. The molecular formula is C18H17N3O3S. The van der Waals surface area contributed by atoms with Crippen molar-refractivity contribution in [2.24, 2.45) is 0 Å². The van der Waals surface area contributed by atoms with Gasteiger partial charge in [0, 0.05) is 12.4 Å². The van der Waals surface area contributed by atoms with E-state index in [1.807, 2.05) is 37.3 Å². The molecule has 0 unspecified atom stereocenters. The van der Waals surface area contributed by atoms with Gasteiger partial charge in [-0.05, 0) is 24.6 Å². The predicted octanol–water partition coefficient (Wildman–Crippen LogP) is 3.16. The monoisotopic (exact) mass is 355 g/mol. The Morgan fingerprint density at radius 2 is 1.64 bits per heavy atom. The highest BCUT2D eigenvalue weighted by Gasteiger charge is 2.18. The highest BCUT2D eigenvalue weighted by molar-refractivity contribution is 7.92. The van der Waals surface area contributed by atoms with Crippen molar-refractivity contribution < 1.29 is 13.2 Å². The van der Waals surface area contributed by atoms with E-state index < -0.39 is 10.0 Å².